The van der Waals surface area contributed by atoms with Gasteiger partial charge in [0.05, 0.1) is 5.25 Å². The van der Waals surface area contributed by atoms with Crippen LogP contribution in [0, 0.1) is 0 Å². The molecule has 1 N–H and O–H groups in total. The Morgan fingerprint density at radius 3 is 2.53 bits per heavy atom. The number of aromatic nitrogens is 3. The lowest BCUT2D eigenvalue weighted by atomic mass is 10.1. The van der Waals surface area contributed by atoms with Gasteiger partial charge >= 0.3 is 6.09 Å². The smallest absolute Gasteiger partial charge is 0.410 e. The van der Waals surface area contributed by atoms with Crippen LogP contribution in [0.5, 0.6) is 5.75 Å². The molecule has 0 radical (unpaired) electrons. The van der Waals surface area contributed by atoms with E-state index in [-0.39, 0.29) is 11.3 Å². The van der Waals surface area contributed by atoms with Crippen LogP contribution in [0.15, 0.2) is 61.1 Å². The number of benzene rings is 1. The second-order valence-electron chi connectivity index (χ2n) is 7.21. The van der Waals surface area contributed by atoms with Crippen LogP contribution in [0.2, 0.25) is 0 Å². The van der Waals surface area contributed by atoms with Crippen molar-refractivity contribution in [2.24, 2.45) is 0 Å². The molecule has 1 aliphatic heterocycles. The number of ether oxygens (including phenoxy) is 1. The Morgan fingerprint density at radius 1 is 1.07 bits per heavy atom. The zero-order valence-corrected chi connectivity index (χ0v) is 17.5. The predicted octanol–water partition coefficient (Wildman–Crippen LogP) is 3.18. The number of carbonyl (C=O) groups excluding carboxylic acids is 1. The summed E-state index contributed by atoms with van der Waals surface area (Å²) in [5, 5.41) is -0.149. The van der Waals surface area contributed by atoms with E-state index in [9.17, 15) is 4.79 Å². The summed E-state index contributed by atoms with van der Waals surface area (Å²) < 4.78 is 5.55. The average molecular weight is 424 g/mol. The van der Waals surface area contributed by atoms with Crippen molar-refractivity contribution in [2.75, 3.05) is 32.7 Å². The van der Waals surface area contributed by atoms with Gasteiger partial charge in [-0.3, -0.25) is 9.88 Å². The van der Waals surface area contributed by atoms with E-state index >= 15 is 0 Å². The number of piperazine rings is 1. The van der Waals surface area contributed by atoms with Gasteiger partial charge in [-0.2, -0.15) is 12.6 Å². The summed E-state index contributed by atoms with van der Waals surface area (Å²) in [5.74, 6) is 1.31. The Kier molecular flexibility index (Phi) is 6.66. The normalized spacial score (nSPS) is 15.7. The third kappa shape index (κ3) is 5.20. The minimum atomic E-state index is -0.305. The van der Waals surface area contributed by atoms with Gasteiger partial charge in [-0.15, -0.1) is 0 Å². The molecule has 1 aromatic carbocycles. The number of aromatic amines is 1. The first-order valence-corrected chi connectivity index (χ1v) is 10.6. The Bertz CT molecular complexity index is 926. The second-order valence-corrected chi connectivity index (χ2v) is 7.73. The Morgan fingerprint density at radius 2 is 1.87 bits per heavy atom. The van der Waals surface area contributed by atoms with Gasteiger partial charge in [-0.25, -0.2) is 9.78 Å². The summed E-state index contributed by atoms with van der Waals surface area (Å²) in [5.41, 5.74) is 2.08. The maximum atomic E-state index is 12.5. The number of nitrogens with zero attached hydrogens (tertiary/aromatic N) is 4. The van der Waals surface area contributed by atoms with Crippen molar-refractivity contribution < 1.29 is 9.53 Å². The third-order valence-corrected chi connectivity index (χ3v) is 5.76. The number of rotatable bonds is 6. The number of hydrogen-bond donors (Lipinski definition) is 2. The zero-order valence-electron chi connectivity index (χ0n) is 16.6. The van der Waals surface area contributed by atoms with E-state index in [1.54, 1.807) is 29.4 Å². The van der Waals surface area contributed by atoms with E-state index in [1.165, 1.54) is 0 Å². The molecule has 30 heavy (non-hydrogen) atoms. The SMILES string of the molecule is O=C(Oc1ccc(C(S)c2ncc[nH]2)cc1)N1CCN(CCc2ccccn2)CC1. The number of thiol groups is 1. The van der Waals surface area contributed by atoms with Gasteiger partial charge < -0.3 is 14.6 Å². The van der Waals surface area contributed by atoms with Gasteiger partial charge in [-0.1, -0.05) is 18.2 Å². The molecule has 0 aliphatic carbocycles. The molecule has 156 valence electrons. The van der Waals surface area contributed by atoms with E-state index < -0.39 is 0 Å². The zero-order chi connectivity index (χ0) is 20.8. The first-order chi connectivity index (χ1) is 14.7. The first-order valence-electron chi connectivity index (χ1n) is 10.1. The van der Waals surface area contributed by atoms with Crippen LogP contribution < -0.4 is 4.74 Å². The number of hydrogen-bond acceptors (Lipinski definition) is 6. The van der Waals surface area contributed by atoms with Gasteiger partial charge in [0.15, 0.2) is 0 Å². The maximum absolute atomic E-state index is 12.5. The van der Waals surface area contributed by atoms with Gasteiger partial charge in [0.2, 0.25) is 0 Å². The first kappa shape index (κ1) is 20.4. The summed E-state index contributed by atoms with van der Waals surface area (Å²) in [7, 11) is 0. The monoisotopic (exact) mass is 423 g/mol. The lowest BCUT2D eigenvalue weighted by Crippen LogP contribution is -2.49. The highest BCUT2D eigenvalue weighted by molar-refractivity contribution is 7.80. The van der Waals surface area contributed by atoms with Crippen LogP contribution in [0.4, 0.5) is 4.79 Å². The van der Waals surface area contributed by atoms with Crippen LogP contribution in [0.3, 0.4) is 0 Å². The fourth-order valence-corrected chi connectivity index (χ4v) is 3.75. The molecule has 0 saturated carbocycles. The number of pyridine rings is 1. The fraction of sp³-hybridized carbons (Fsp3) is 0.318. The highest BCUT2D eigenvalue weighted by Gasteiger charge is 2.22. The predicted molar refractivity (Wildman–Crippen MR) is 118 cm³/mol. The minimum absolute atomic E-state index is 0.149. The molecular weight excluding hydrogens is 398 g/mol. The van der Waals surface area contributed by atoms with Crippen LogP contribution >= 0.6 is 12.6 Å². The second kappa shape index (κ2) is 9.77. The molecule has 1 atom stereocenters. The average Bonchev–Trinajstić information content (AvgIpc) is 3.34. The van der Waals surface area contributed by atoms with Crippen LogP contribution in [0.1, 0.15) is 22.3 Å². The van der Waals surface area contributed by atoms with Crippen molar-refractivity contribution in [3.63, 3.8) is 0 Å². The largest absolute Gasteiger partial charge is 0.415 e. The standard InChI is InChI=1S/C22H25N5O2S/c28-22(27-15-13-26(14-16-27)12-8-18-3-1-2-9-23-18)29-19-6-4-17(5-7-19)20(30)21-24-10-11-25-21/h1-7,9-11,20,30H,8,12-16H2,(H,24,25). The van der Waals surface area contributed by atoms with Crippen LogP contribution in [-0.2, 0) is 6.42 Å². The molecule has 3 heterocycles. The highest BCUT2D eigenvalue weighted by Crippen LogP contribution is 2.27. The molecule has 7 nitrogen and oxygen atoms in total. The van der Waals surface area contributed by atoms with Crippen molar-refractivity contribution in [1.82, 2.24) is 24.8 Å². The van der Waals surface area contributed by atoms with Gasteiger partial charge in [0.25, 0.3) is 0 Å². The number of nitrogens with one attached hydrogen (secondary N) is 1. The van der Waals surface area contributed by atoms with Crippen molar-refractivity contribution >= 4 is 18.7 Å². The van der Waals surface area contributed by atoms with E-state index in [0.29, 0.717) is 18.8 Å². The number of carbonyl (C=O) groups is 1. The maximum Gasteiger partial charge on any atom is 0.415 e. The highest BCUT2D eigenvalue weighted by atomic mass is 32.1. The van der Waals surface area contributed by atoms with Crippen molar-refractivity contribution in [2.45, 2.75) is 11.7 Å². The fourth-order valence-electron chi connectivity index (χ4n) is 3.44. The molecule has 0 spiro atoms. The molecule has 1 saturated heterocycles. The molecule has 1 aliphatic rings. The molecule has 1 unspecified atom stereocenters. The Balaban J connectivity index is 1.23. The van der Waals surface area contributed by atoms with Crippen molar-refractivity contribution in [3.05, 3.63) is 78.1 Å². The van der Waals surface area contributed by atoms with Gasteiger partial charge in [0.1, 0.15) is 11.6 Å². The summed E-state index contributed by atoms with van der Waals surface area (Å²) in [6, 6.07) is 13.4. The third-order valence-electron chi connectivity index (χ3n) is 5.22. The van der Waals surface area contributed by atoms with Crippen molar-refractivity contribution in [1.29, 1.82) is 0 Å². The molecular formula is C22H25N5O2S. The Hall–Kier alpha value is -2.84. The Labute approximate surface area is 181 Å². The van der Waals surface area contributed by atoms with E-state index in [2.05, 4.69) is 32.5 Å². The van der Waals surface area contributed by atoms with Crippen LogP contribution in [0.25, 0.3) is 0 Å². The molecule has 2 aromatic heterocycles. The topological polar surface area (TPSA) is 74.3 Å². The van der Waals surface area contributed by atoms with E-state index in [1.807, 2.05) is 36.5 Å². The number of H-pyrrole nitrogens is 1. The van der Waals surface area contributed by atoms with Crippen LogP contribution in [-0.4, -0.2) is 63.6 Å². The van der Waals surface area contributed by atoms with Gasteiger partial charge in [-0.05, 0) is 29.8 Å². The van der Waals surface area contributed by atoms with E-state index in [0.717, 1.165) is 43.1 Å². The lowest BCUT2D eigenvalue weighted by Gasteiger charge is -2.33. The number of amides is 1. The lowest BCUT2D eigenvalue weighted by molar-refractivity contribution is 0.111. The summed E-state index contributed by atoms with van der Waals surface area (Å²) >= 11 is 4.59. The molecule has 4 rings (SSSR count). The molecule has 1 fully saturated rings. The summed E-state index contributed by atoms with van der Waals surface area (Å²) in [6.07, 6.45) is 5.91. The van der Waals surface area contributed by atoms with Gasteiger partial charge in [0, 0.05) is 63.4 Å². The van der Waals surface area contributed by atoms with Crippen molar-refractivity contribution in [3.8, 4) is 5.75 Å². The minimum Gasteiger partial charge on any atom is -0.410 e. The van der Waals surface area contributed by atoms with E-state index in [4.69, 9.17) is 4.74 Å². The number of imidazole rings is 1. The molecule has 3 aromatic rings. The summed E-state index contributed by atoms with van der Waals surface area (Å²) in [4.78, 5) is 28.3. The quantitative estimate of drug-likeness (QED) is 0.596. The molecule has 8 heteroatoms. The summed E-state index contributed by atoms with van der Waals surface area (Å²) in [6.45, 7) is 3.95. The molecule has 1 amide bonds. The molecule has 0 bridgehead atoms.